The van der Waals surface area contributed by atoms with Gasteiger partial charge in [-0.05, 0) is 87.6 Å². The molecule has 0 amide bonds. The minimum Gasteiger partial charge on any atom is -0.457 e. The molecule has 4 heterocycles. The third-order valence-corrected chi connectivity index (χ3v) is 7.68. The molecule has 0 spiro atoms. The zero-order valence-corrected chi connectivity index (χ0v) is 22.1. The molecule has 1 atom stereocenters. The molecule has 2 aromatic heterocycles. The number of nitrogens with zero attached hydrogens (tertiary/aromatic N) is 5. The normalized spacial score (nSPS) is 18.5. The van der Waals surface area contributed by atoms with Gasteiger partial charge in [0.2, 0.25) is 0 Å². The number of piperidine rings is 1. The van der Waals surface area contributed by atoms with E-state index in [0.29, 0.717) is 28.4 Å². The molecule has 9 nitrogen and oxygen atoms in total. The Labute approximate surface area is 228 Å². The Morgan fingerprint density at radius 2 is 1.71 bits per heavy atom. The van der Waals surface area contributed by atoms with Gasteiger partial charge >= 0.3 is 5.69 Å². The van der Waals surface area contributed by atoms with Crippen LogP contribution in [-0.4, -0.2) is 56.7 Å². The fraction of sp³-hybridized carbons (Fsp3) is 0.393. The maximum absolute atomic E-state index is 13.9. The summed E-state index contributed by atoms with van der Waals surface area (Å²) < 4.78 is 9.38. The van der Waals surface area contributed by atoms with Gasteiger partial charge in [-0.25, -0.2) is 14.8 Å². The van der Waals surface area contributed by atoms with Gasteiger partial charge in [0.25, 0.3) is 0 Å². The van der Waals surface area contributed by atoms with Gasteiger partial charge in [-0.2, -0.15) is 0 Å². The molecule has 0 radical (unpaired) electrons. The predicted octanol–water partition coefficient (Wildman–Crippen LogP) is 4.02. The molecule has 10 heteroatoms. The summed E-state index contributed by atoms with van der Waals surface area (Å²) >= 11 is 0. The monoisotopic (exact) mass is 535 g/mol. The molecule has 2 fully saturated rings. The van der Waals surface area contributed by atoms with Gasteiger partial charge in [-0.15, -0.1) is 12.4 Å². The van der Waals surface area contributed by atoms with Crippen LogP contribution in [0.3, 0.4) is 0 Å². The van der Waals surface area contributed by atoms with Crippen LogP contribution in [0.5, 0.6) is 11.5 Å². The van der Waals surface area contributed by atoms with E-state index in [1.54, 1.807) is 4.57 Å². The Kier molecular flexibility index (Phi) is 7.97. The lowest BCUT2D eigenvalue weighted by atomic mass is 9.94. The fourth-order valence-electron chi connectivity index (χ4n) is 5.69. The lowest BCUT2D eigenvalue weighted by Gasteiger charge is -2.25. The van der Waals surface area contributed by atoms with Crippen molar-refractivity contribution in [1.82, 2.24) is 29.3 Å². The zero-order valence-electron chi connectivity index (χ0n) is 21.3. The molecule has 0 aliphatic carbocycles. The van der Waals surface area contributed by atoms with E-state index in [4.69, 9.17) is 10.5 Å². The first-order chi connectivity index (χ1) is 18.2. The van der Waals surface area contributed by atoms with Crippen molar-refractivity contribution in [2.24, 2.45) is 5.92 Å². The molecule has 4 aromatic rings. The van der Waals surface area contributed by atoms with Crippen molar-refractivity contribution in [3.8, 4) is 17.2 Å². The summed E-state index contributed by atoms with van der Waals surface area (Å²) in [5.74, 6) is 2.54. The average Bonchev–Trinajstić information content (AvgIpc) is 3.51. The predicted molar refractivity (Wildman–Crippen MR) is 152 cm³/mol. The highest BCUT2D eigenvalue weighted by atomic mass is 35.5. The first-order valence-corrected chi connectivity index (χ1v) is 13.2. The lowest BCUT2D eigenvalue weighted by Crippen LogP contribution is -2.32. The summed E-state index contributed by atoms with van der Waals surface area (Å²) in [6, 6.07) is 17.1. The Morgan fingerprint density at radius 3 is 2.47 bits per heavy atom. The largest absolute Gasteiger partial charge is 0.457 e. The van der Waals surface area contributed by atoms with Crippen LogP contribution in [0.4, 0.5) is 5.82 Å². The SMILES string of the molecule is Cl.Nc1ncnc2c1n(-c1ccc(Oc3ccccc3)cc1)c(=O)n2C1CCN(CCC2CCNCC2)C1. The van der Waals surface area contributed by atoms with Gasteiger partial charge in [0, 0.05) is 13.1 Å². The number of benzene rings is 2. The third-order valence-electron chi connectivity index (χ3n) is 7.68. The summed E-state index contributed by atoms with van der Waals surface area (Å²) in [5.41, 5.74) is 8.01. The minimum atomic E-state index is -0.135. The molecule has 0 bridgehead atoms. The van der Waals surface area contributed by atoms with Crippen LogP contribution in [0.25, 0.3) is 16.9 Å². The summed E-state index contributed by atoms with van der Waals surface area (Å²) in [7, 11) is 0. The number of aromatic nitrogens is 4. The molecule has 6 rings (SSSR count). The van der Waals surface area contributed by atoms with Crippen LogP contribution in [0.2, 0.25) is 0 Å². The van der Waals surface area contributed by atoms with Gasteiger partial charge in [0.1, 0.15) is 23.3 Å². The third kappa shape index (κ3) is 5.27. The number of hydrogen-bond donors (Lipinski definition) is 2. The Bertz CT molecular complexity index is 1420. The van der Waals surface area contributed by atoms with Crippen molar-refractivity contribution in [2.75, 3.05) is 38.5 Å². The minimum absolute atomic E-state index is 0. The van der Waals surface area contributed by atoms with Crippen molar-refractivity contribution in [1.29, 1.82) is 0 Å². The van der Waals surface area contributed by atoms with E-state index in [1.165, 1.54) is 25.6 Å². The highest BCUT2D eigenvalue weighted by Gasteiger charge is 2.30. The second-order valence-electron chi connectivity index (χ2n) is 10.1. The summed E-state index contributed by atoms with van der Waals surface area (Å²) in [4.78, 5) is 25.1. The van der Waals surface area contributed by atoms with Crippen molar-refractivity contribution in [3.05, 3.63) is 71.4 Å². The summed E-state index contributed by atoms with van der Waals surface area (Å²) in [6.45, 7) is 5.17. The molecular formula is C28H34ClN7O2. The van der Waals surface area contributed by atoms with E-state index >= 15 is 0 Å². The van der Waals surface area contributed by atoms with Crippen molar-refractivity contribution in [3.63, 3.8) is 0 Å². The first kappa shape index (κ1) is 26.2. The molecule has 2 aliphatic rings. The highest BCUT2D eigenvalue weighted by Crippen LogP contribution is 2.29. The van der Waals surface area contributed by atoms with Gasteiger partial charge in [0.05, 0.1) is 11.7 Å². The standard InChI is InChI=1S/C28H33N7O2.ClH/c29-26-25-27(32-19-31-26)35(22-13-17-33(18-22)16-12-20-10-14-30-15-11-20)28(36)34(25)21-6-8-24(9-7-21)37-23-4-2-1-3-5-23;/h1-9,19-20,22,30H,10-18H2,(H2,29,31,32);1H. The van der Waals surface area contributed by atoms with Crippen molar-refractivity contribution < 1.29 is 4.74 Å². The number of halogens is 1. The molecule has 2 saturated heterocycles. The second kappa shape index (κ2) is 11.6. The van der Waals surface area contributed by atoms with Crippen LogP contribution in [-0.2, 0) is 0 Å². The average molecular weight is 536 g/mol. The maximum Gasteiger partial charge on any atom is 0.335 e. The highest BCUT2D eigenvalue weighted by molar-refractivity contribution is 5.85. The molecule has 200 valence electrons. The van der Waals surface area contributed by atoms with Crippen LogP contribution < -0.4 is 21.5 Å². The van der Waals surface area contributed by atoms with Gasteiger partial charge in [0.15, 0.2) is 11.5 Å². The van der Waals surface area contributed by atoms with Crippen LogP contribution in [0.1, 0.15) is 31.7 Å². The smallest absolute Gasteiger partial charge is 0.335 e. The molecule has 2 aromatic carbocycles. The Balaban J connectivity index is 0.00000294. The summed E-state index contributed by atoms with van der Waals surface area (Å²) in [5, 5.41) is 3.45. The van der Waals surface area contributed by atoms with E-state index in [2.05, 4.69) is 20.2 Å². The van der Waals surface area contributed by atoms with Crippen LogP contribution >= 0.6 is 12.4 Å². The number of nitrogen functional groups attached to an aromatic ring is 1. The van der Waals surface area contributed by atoms with E-state index in [9.17, 15) is 4.79 Å². The number of hydrogen-bond acceptors (Lipinski definition) is 7. The number of nitrogens with two attached hydrogens (primary N) is 1. The number of anilines is 1. The van der Waals surface area contributed by atoms with Crippen LogP contribution in [0, 0.1) is 5.92 Å². The summed E-state index contributed by atoms with van der Waals surface area (Å²) in [6.07, 6.45) is 6.10. The van der Waals surface area contributed by atoms with Crippen molar-refractivity contribution in [2.45, 2.75) is 31.7 Å². The lowest BCUT2D eigenvalue weighted by molar-refractivity contribution is 0.265. The number of likely N-dealkylation sites (tertiary alicyclic amines) is 1. The number of para-hydroxylation sites is 1. The molecule has 38 heavy (non-hydrogen) atoms. The van der Waals surface area contributed by atoms with Gasteiger partial charge in [-0.3, -0.25) is 9.13 Å². The zero-order chi connectivity index (χ0) is 25.2. The van der Waals surface area contributed by atoms with Crippen molar-refractivity contribution >= 4 is 29.4 Å². The van der Waals surface area contributed by atoms with E-state index < -0.39 is 0 Å². The maximum atomic E-state index is 13.9. The molecule has 3 N–H and O–H groups in total. The van der Waals surface area contributed by atoms with Gasteiger partial charge in [-0.1, -0.05) is 18.2 Å². The number of rotatable bonds is 7. The Hall–Kier alpha value is -3.40. The van der Waals surface area contributed by atoms with E-state index in [1.807, 2.05) is 59.2 Å². The topological polar surface area (TPSA) is 103 Å². The number of imidazole rings is 1. The van der Waals surface area contributed by atoms with E-state index in [0.717, 1.165) is 50.8 Å². The number of nitrogens with one attached hydrogen (secondary N) is 1. The molecular weight excluding hydrogens is 502 g/mol. The van der Waals surface area contributed by atoms with Gasteiger partial charge < -0.3 is 20.7 Å². The number of ether oxygens (including phenoxy) is 1. The quantitative estimate of drug-likeness (QED) is 0.368. The molecule has 2 aliphatic heterocycles. The second-order valence-corrected chi connectivity index (χ2v) is 10.1. The first-order valence-electron chi connectivity index (χ1n) is 13.2. The van der Waals surface area contributed by atoms with Crippen LogP contribution in [0.15, 0.2) is 65.7 Å². The molecule has 1 unspecified atom stereocenters. The van der Waals surface area contributed by atoms with E-state index in [-0.39, 0.29) is 24.1 Å². The fourth-order valence-corrected chi connectivity index (χ4v) is 5.69. The Morgan fingerprint density at radius 1 is 0.974 bits per heavy atom. The number of fused-ring (bicyclic) bond motifs is 1. The molecule has 0 saturated carbocycles.